The molecular formula is C16H25NO4. The van der Waals surface area contributed by atoms with Crippen molar-refractivity contribution in [2.45, 2.75) is 44.9 Å². The van der Waals surface area contributed by atoms with Gasteiger partial charge >= 0.3 is 5.97 Å². The molecule has 2 heterocycles. The van der Waals surface area contributed by atoms with Crippen molar-refractivity contribution in [1.29, 1.82) is 0 Å². The Morgan fingerprint density at radius 3 is 2.67 bits per heavy atom. The van der Waals surface area contributed by atoms with E-state index in [9.17, 15) is 14.7 Å². The van der Waals surface area contributed by atoms with Crippen molar-refractivity contribution in [3.63, 3.8) is 0 Å². The van der Waals surface area contributed by atoms with E-state index in [2.05, 4.69) is 0 Å². The molecule has 2 saturated heterocycles. The van der Waals surface area contributed by atoms with E-state index < -0.39 is 11.4 Å². The standard InChI is InChI=1S/C16H25NO4/c18-14(8-12-4-2-1-3-5-12)17-9-13-10-21-7-6-16(13,11-17)15(19)20/h12-13H,1-11H2,(H,19,20)/t13-,16+/m0/s1. The lowest BCUT2D eigenvalue weighted by Gasteiger charge is -2.33. The summed E-state index contributed by atoms with van der Waals surface area (Å²) in [6, 6.07) is 0. The highest BCUT2D eigenvalue weighted by Crippen LogP contribution is 2.43. The molecule has 5 heteroatoms. The Morgan fingerprint density at radius 1 is 1.24 bits per heavy atom. The molecule has 118 valence electrons. The van der Waals surface area contributed by atoms with Gasteiger partial charge in [0.15, 0.2) is 0 Å². The smallest absolute Gasteiger partial charge is 0.311 e. The summed E-state index contributed by atoms with van der Waals surface area (Å²) in [6.45, 7) is 1.90. The highest BCUT2D eigenvalue weighted by Gasteiger charge is 2.54. The third-order valence-electron chi connectivity index (χ3n) is 5.67. The third kappa shape index (κ3) is 2.80. The lowest BCUT2D eigenvalue weighted by Crippen LogP contribution is -2.45. The Balaban J connectivity index is 1.64. The highest BCUT2D eigenvalue weighted by atomic mass is 16.5. The second-order valence-corrected chi connectivity index (χ2v) is 6.97. The number of carboxylic acids is 1. The molecular weight excluding hydrogens is 270 g/mol. The first kappa shape index (κ1) is 14.8. The molecule has 2 atom stereocenters. The Kier molecular flexibility index (Phi) is 4.20. The summed E-state index contributed by atoms with van der Waals surface area (Å²) in [5, 5.41) is 9.63. The van der Waals surface area contributed by atoms with Crippen molar-refractivity contribution in [3.05, 3.63) is 0 Å². The number of carbonyl (C=O) groups excluding carboxylic acids is 1. The molecule has 21 heavy (non-hydrogen) atoms. The maximum Gasteiger partial charge on any atom is 0.311 e. The van der Waals surface area contributed by atoms with Gasteiger partial charge in [-0.3, -0.25) is 9.59 Å². The highest BCUT2D eigenvalue weighted by molar-refractivity contribution is 5.81. The Labute approximate surface area is 125 Å². The predicted octanol–water partition coefficient (Wildman–Crippen LogP) is 1.91. The van der Waals surface area contributed by atoms with Crippen LogP contribution in [0.5, 0.6) is 0 Å². The van der Waals surface area contributed by atoms with Crippen LogP contribution in [0.4, 0.5) is 0 Å². The number of amides is 1. The minimum atomic E-state index is -0.763. The maximum absolute atomic E-state index is 12.5. The SMILES string of the molecule is O=C(CC1CCCCC1)N1C[C@H]2COCC[C@@]2(C(=O)O)C1. The zero-order chi connectivity index (χ0) is 14.9. The van der Waals surface area contributed by atoms with Gasteiger partial charge in [-0.25, -0.2) is 0 Å². The monoisotopic (exact) mass is 295 g/mol. The average Bonchev–Trinajstić information content (AvgIpc) is 2.89. The van der Waals surface area contributed by atoms with Gasteiger partial charge in [0.1, 0.15) is 0 Å². The number of nitrogens with zero attached hydrogens (tertiary/aromatic N) is 1. The van der Waals surface area contributed by atoms with Crippen LogP contribution in [0.25, 0.3) is 0 Å². The molecule has 1 amide bonds. The van der Waals surface area contributed by atoms with Gasteiger partial charge in [0.25, 0.3) is 0 Å². The summed E-state index contributed by atoms with van der Waals surface area (Å²) < 4.78 is 5.44. The van der Waals surface area contributed by atoms with Crippen LogP contribution in [0.15, 0.2) is 0 Å². The zero-order valence-corrected chi connectivity index (χ0v) is 12.6. The predicted molar refractivity (Wildman–Crippen MR) is 76.8 cm³/mol. The molecule has 0 aromatic heterocycles. The molecule has 3 rings (SSSR count). The van der Waals surface area contributed by atoms with Crippen molar-refractivity contribution in [1.82, 2.24) is 4.90 Å². The van der Waals surface area contributed by atoms with Gasteiger partial charge in [-0.2, -0.15) is 0 Å². The number of aliphatic carboxylic acids is 1. The first-order chi connectivity index (χ1) is 10.1. The topological polar surface area (TPSA) is 66.8 Å². The normalized spacial score (nSPS) is 33.7. The summed E-state index contributed by atoms with van der Waals surface area (Å²) in [7, 11) is 0. The fourth-order valence-electron chi connectivity index (χ4n) is 4.26. The van der Waals surface area contributed by atoms with Gasteiger partial charge in [0, 0.05) is 32.0 Å². The van der Waals surface area contributed by atoms with Crippen molar-refractivity contribution in [2.24, 2.45) is 17.3 Å². The zero-order valence-electron chi connectivity index (χ0n) is 12.6. The number of rotatable bonds is 3. The van der Waals surface area contributed by atoms with Crippen molar-refractivity contribution in [2.75, 3.05) is 26.3 Å². The van der Waals surface area contributed by atoms with Gasteiger partial charge < -0.3 is 14.7 Å². The Morgan fingerprint density at radius 2 is 2.00 bits per heavy atom. The third-order valence-corrected chi connectivity index (χ3v) is 5.67. The number of fused-ring (bicyclic) bond motifs is 1. The summed E-state index contributed by atoms with van der Waals surface area (Å²) in [6.07, 6.45) is 7.17. The molecule has 0 aromatic rings. The second kappa shape index (κ2) is 5.95. The molecule has 3 aliphatic rings. The quantitative estimate of drug-likeness (QED) is 0.863. The maximum atomic E-state index is 12.5. The molecule has 0 radical (unpaired) electrons. The van der Waals surface area contributed by atoms with Gasteiger partial charge in [-0.1, -0.05) is 19.3 Å². The minimum Gasteiger partial charge on any atom is -0.481 e. The first-order valence-corrected chi connectivity index (χ1v) is 8.21. The second-order valence-electron chi connectivity index (χ2n) is 6.97. The van der Waals surface area contributed by atoms with Crippen molar-refractivity contribution in [3.8, 4) is 0 Å². The van der Waals surface area contributed by atoms with Crippen LogP contribution in [-0.4, -0.2) is 48.2 Å². The lowest BCUT2D eigenvalue weighted by molar-refractivity contribution is -0.157. The van der Waals surface area contributed by atoms with Gasteiger partial charge in [0.2, 0.25) is 5.91 Å². The van der Waals surface area contributed by atoms with Crippen LogP contribution in [0.1, 0.15) is 44.9 Å². The van der Waals surface area contributed by atoms with Crippen LogP contribution < -0.4 is 0 Å². The van der Waals surface area contributed by atoms with E-state index in [4.69, 9.17) is 4.74 Å². The van der Waals surface area contributed by atoms with Gasteiger partial charge in [0.05, 0.1) is 12.0 Å². The molecule has 3 fully saturated rings. The summed E-state index contributed by atoms with van der Waals surface area (Å²) >= 11 is 0. The molecule has 2 aliphatic heterocycles. The van der Waals surface area contributed by atoms with E-state index in [0.717, 1.165) is 12.8 Å². The van der Waals surface area contributed by atoms with E-state index in [-0.39, 0.29) is 11.8 Å². The van der Waals surface area contributed by atoms with Crippen LogP contribution >= 0.6 is 0 Å². The van der Waals surface area contributed by atoms with Crippen molar-refractivity contribution >= 4 is 11.9 Å². The van der Waals surface area contributed by atoms with E-state index in [1.807, 2.05) is 0 Å². The molecule has 1 N–H and O–H groups in total. The molecule has 5 nitrogen and oxygen atoms in total. The number of carbonyl (C=O) groups is 2. The van der Waals surface area contributed by atoms with E-state index in [1.165, 1.54) is 19.3 Å². The summed E-state index contributed by atoms with van der Waals surface area (Å²) in [5.74, 6) is -0.148. The van der Waals surface area contributed by atoms with Gasteiger partial charge in [-0.15, -0.1) is 0 Å². The van der Waals surface area contributed by atoms with Crippen molar-refractivity contribution < 1.29 is 19.4 Å². The van der Waals surface area contributed by atoms with E-state index >= 15 is 0 Å². The van der Waals surface area contributed by atoms with E-state index in [0.29, 0.717) is 45.1 Å². The lowest BCUT2D eigenvalue weighted by atomic mass is 9.74. The van der Waals surface area contributed by atoms with Gasteiger partial charge in [-0.05, 0) is 25.2 Å². The van der Waals surface area contributed by atoms with Crippen LogP contribution in [-0.2, 0) is 14.3 Å². The molecule has 0 unspecified atom stereocenters. The minimum absolute atomic E-state index is 0.0425. The van der Waals surface area contributed by atoms with Crippen LogP contribution in [0, 0.1) is 17.3 Å². The number of ether oxygens (including phenoxy) is 1. The molecule has 0 bridgehead atoms. The number of hydrogen-bond donors (Lipinski definition) is 1. The van der Waals surface area contributed by atoms with Crippen LogP contribution in [0.2, 0.25) is 0 Å². The Hall–Kier alpha value is -1.10. The first-order valence-electron chi connectivity index (χ1n) is 8.21. The molecule has 1 saturated carbocycles. The summed E-state index contributed by atoms with van der Waals surface area (Å²) in [5.41, 5.74) is -0.763. The molecule has 0 aromatic carbocycles. The average molecular weight is 295 g/mol. The van der Waals surface area contributed by atoms with E-state index in [1.54, 1.807) is 4.90 Å². The largest absolute Gasteiger partial charge is 0.481 e. The fraction of sp³-hybridized carbons (Fsp3) is 0.875. The van der Waals surface area contributed by atoms with Crippen LogP contribution in [0.3, 0.4) is 0 Å². The molecule has 1 aliphatic carbocycles. The number of carboxylic acid groups (broad SMARTS) is 1. The molecule has 0 spiro atoms. The number of hydrogen-bond acceptors (Lipinski definition) is 3. The Bertz CT molecular complexity index is 419. The number of likely N-dealkylation sites (tertiary alicyclic amines) is 1. The summed E-state index contributed by atoms with van der Waals surface area (Å²) in [4.78, 5) is 26.0. The fourth-order valence-corrected chi connectivity index (χ4v) is 4.26.